The number of fused-ring (bicyclic) bond motifs is 1. The Bertz CT molecular complexity index is 527. The molecule has 114 valence electrons. The van der Waals surface area contributed by atoms with Crippen LogP contribution in [0.2, 0.25) is 0 Å². The molecule has 0 bridgehead atoms. The molecule has 0 aromatic carbocycles. The van der Waals surface area contributed by atoms with Crippen LogP contribution in [0.15, 0.2) is 35.5 Å². The summed E-state index contributed by atoms with van der Waals surface area (Å²) in [5, 5.41) is 0. The maximum absolute atomic E-state index is 11.9. The third kappa shape index (κ3) is 3.63. The summed E-state index contributed by atoms with van der Waals surface area (Å²) in [6.07, 6.45) is 5.81. The number of carbonyl (C=O) groups excluding carboxylic acids is 2. The van der Waals surface area contributed by atoms with Crippen molar-refractivity contribution in [2.75, 3.05) is 0 Å². The van der Waals surface area contributed by atoms with Crippen LogP contribution in [0.5, 0.6) is 0 Å². The average Bonchev–Trinajstić information content (AvgIpc) is 2.62. The lowest BCUT2D eigenvalue weighted by atomic mass is 9.85. The van der Waals surface area contributed by atoms with Gasteiger partial charge < -0.3 is 9.47 Å². The molecule has 0 aromatic rings. The van der Waals surface area contributed by atoms with Gasteiger partial charge in [0.05, 0.1) is 5.92 Å². The molecule has 0 N–H and O–H groups in total. The van der Waals surface area contributed by atoms with Gasteiger partial charge in [0.25, 0.3) is 0 Å². The summed E-state index contributed by atoms with van der Waals surface area (Å²) in [6.45, 7) is 9.26. The third-order valence-corrected chi connectivity index (χ3v) is 3.98. The Morgan fingerprint density at radius 3 is 2.76 bits per heavy atom. The van der Waals surface area contributed by atoms with Gasteiger partial charge in [0.15, 0.2) is 0 Å². The predicted octanol–water partition coefficient (Wildman–Crippen LogP) is 3.09. The molecule has 0 aromatic heterocycles. The molecule has 1 saturated heterocycles. The van der Waals surface area contributed by atoms with Crippen LogP contribution >= 0.6 is 0 Å². The molecule has 1 aliphatic heterocycles. The number of esters is 2. The number of hydrogen-bond donors (Lipinski definition) is 0. The molecule has 21 heavy (non-hydrogen) atoms. The standard InChI is InChI=1S/C17H22O4/c1-10-6-5-7-11(2)9-15-16(12(3)17(19)21-15)14(8-10)20-13(4)18/h7-8,14-16H,3,5-6,9H2,1-2,4H3/b10-8+,11-7-/t14-,15+,16+/m1/s1. The molecule has 1 aliphatic carbocycles. The molecule has 0 saturated carbocycles. The van der Waals surface area contributed by atoms with Crippen molar-refractivity contribution in [3.8, 4) is 0 Å². The SMILES string of the molecule is C=C1C(=O)O[C@H]2C/C(C)=C\CC/C(C)=C/[C@@H](OC(C)=O)[C@H]12. The van der Waals surface area contributed by atoms with Gasteiger partial charge in [-0.1, -0.05) is 23.8 Å². The van der Waals surface area contributed by atoms with E-state index < -0.39 is 6.10 Å². The van der Waals surface area contributed by atoms with Gasteiger partial charge in [-0.25, -0.2) is 4.79 Å². The largest absolute Gasteiger partial charge is 0.458 e. The minimum Gasteiger partial charge on any atom is -0.458 e. The van der Waals surface area contributed by atoms with E-state index in [9.17, 15) is 9.59 Å². The number of ether oxygens (including phenoxy) is 2. The first kappa shape index (κ1) is 15.5. The maximum Gasteiger partial charge on any atom is 0.334 e. The van der Waals surface area contributed by atoms with Crippen molar-refractivity contribution in [1.82, 2.24) is 0 Å². The van der Waals surface area contributed by atoms with Gasteiger partial charge in [-0.3, -0.25) is 4.79 Å². The topological polar surface area (TPSA) is 52.6 Å². The lowest BCUT2D eigenvalue weighted by molar-refractivity contribution is -0.147. The molecule has 0 spiro atoms. The molecule has 4 heteroatoms. The highest BCUT2D eigenvalue weighted by molar-refractivity contribution is 5.91. The van der Waals surface area contributed by atoms with Crippen molar-refractivity contribution in [2.45, 2.75) is 52.2 Å². The molecule has 0 radical (unpaired) electrons. The molecular formula is C17H22O4. The van der Waals surface area contributed by atoms with Crippen molar-refractivity contribution >= 4 is 11.9 Å². The van der Waals surface area contributed by atoms with Crippen LogP contribution < -0.4 is 0 Å². The first-order valence-corrected chi connectivity index (χ1v) is 7.28. The minimum atomic E-state index is -0.489. The Hall–Kier alpha value is -1.84. The number of hydrogen-bond acceptors (Lipinski definition) is 4. The highest BCUT2D eigenvalue weighted by Gasteiger charge is 2.44. The number of allylic oxidation sites excluding steroid dienone is 2. The van der Waals surface area contributed by atoms with E-state index in [-0.39, 0.29) is 24.0 Å². The Labute approximate surface area is 125 Å². The molecule has 1 heterocycles. The van der Waals surface area contributed by atoms with Gasteiger partial charge >= 0.3 is 11.9 Å². The van der Waals surface area contributed by atoms with Gasteiger partial charge in [-0.15, -0.1) is 0 Å². The first-order valence-electron chi connectivity index (χ1n) is 7.28. The van der Waals surface area contributed by atoms with E-state index in [0.717, 1.165) is 18.4 Å². The molecule has 2 aliphatic rings. The highest BCUT2D eigenvalue weighted by atomic mass is 16.6. The molecular weight excluding hydrogens is 268 g/mol. The Morgan fingerprint density at radius 1 is 1.38 bits per heavy atom. The fraction of sp³-hybridized carbons (Fsp3) is 0.529. The zero-order chi connectivity index (χ0) is 15.6. The molecule has 3 atom stereocenters. The van der Waals surface area contributed by atoms with Crippen molar-refractivity contribution < 1.29 is 19.1 Å². The summed E-state index contributed by atoms with van der Waals surface area (Å²) in [7, 11) is 0. The summed E-state index contributed by atoms with van der Waals surface area (Å²) in [4.78, 5) is 23.2. The van der Waals surface area contributed by atoms with Crippen LogP contribution in [0.4, 0.5) is 0 Å². The number of rotatable bonds is 1. The van der Waals surface area contributed by atoms with E-state index in [1.54, 1.807) is 0 Å². The van der Waals surface area contributed by atoms with Crippen LogP contribution in [0, 0.1) is 5.92 Å². The van der Waals surface area contributed by atoms with Gasteiger partial charge in [0.2, 0.25) is 0 Å². The predicted molar refractivity (Wildman–Crippen MR) is 79.4 cm³/mol. The number of carbonyl (C=O) groups is 2. The smallest absolute Gasteiger partial charge is 0.334 e. The second-order valence-corrected chi connectivity index (χ2v) is 5.88. The van der Waals surface area contributed by atoms with E-state index in [1.165, 1.54) is 12.5 Å². The van der Waals surface area contributed by atoms with Crippen molar-refractivity contribution in [3.05, 3.63) is 35.5 Å². The highest BCUT2D eigenvalue weighted by Crippen LogP contribution is 2.36. The van der Waals surface area contributed by atoms with Gasteiger partial charge in [-0.05, 0) is 32.8 Å². The van der Waals surface area contributed by atoms with Crippen molar-refractivity contribution in [3.63, 3.8) is 0 Å². The van der Waals surface area contributed by atoms with Crippen LogP contribution in [0.3, 0.4) is 0 Å². The maximum atomic E-state index is 11.9. The molecule has 0 unspecified atom stereocenters. The van der Waals surface area contributed by atoms with Gasteiger partial charge in [0, 0.05) is 18.9 Å². The van der Waals surface area contributed by atoms with Gasteiger partial charge in [-0.2, -0.15) is 0 Å². The summed E-state index contributed by atoms with van der Waals surface area (Å²) in [5.74, 6) is -1.06. The van der Waals surface area contributed by atoms with E-state index in [2.05, 4.69) is 12.7 Å². The van der Waals surface area contributed by atoms with E-state index >= 15 is 0 Å². The zero-order valence-electron chi connectivity index (χ0n) is 12.8. The van der Waals surface area contributed by atoms with Gasteiger partial charge in [0.1, 0.15) is 12.2 Å². The van der Waals surface area contributed by atoms with Crippen LogP contribution in [0.25, 0.3) is 0 Å². The minimum absolute atomic E-state index is 0.308. The molecule has 1 fully saturated rings. The fourth-order valence-electron chi connectivity index (χ4n) is 2.94. The molecule has 2 rings (SSSR count). The normalized spacial score (nSPS) is 34.9. The van der Waals surface area contributed by atoms with Crippen LogP contribution in [0.1, 0.15) is 40.0 Å². The summed E-state index contributed by atoms with van der Waals surface area (Å²) in [6, 6.07) is 0. The third-order valence-electron chi connectivity index (χ3n) is 3.98. The van der Waals surface area contributed by atoms with Crippen LogP contribution in [-0.2, 0) is 19.1 Å². The Morgan fingerprint density at radius 2 is 2.10 bits per heavy atom. The van der Waals surface area contributed by atoms with Crippen molar-refractivity contribution in [1.29, 1.82) is 0 Å². The van der Waals surface area contributed by atoms with Crippen LogP contribution in [-0.4, -0.2) is 24.1 Å². The Balaban J connectivity index is 2.39. The summed E-state index contributed by atoms with van der Waals surface area (Å²) in [5.41, 5.74) is 2.71. The monoisotopic (exact) mass is 290 g/mol. The lowest BCUT2D eigenvalue weighted by Crippen LogP contribution is -2.32. The average molecular weight is 290 g/mol. The summed E-state index contributed by atoms with van der Waals surface area (Å²) < 4.78 is 10.9. The second-order valence-electron chi connectivity index (χ2n) is 5.88. The van der Waals surface area contributed by atoms with E-state index in [1.807, 2.05) is 19.9 Å². The quantitative estimate of drug-likeness (QED) is 0.423. The zero-order valence-corrected chi connectivity index (χ0v) is 12.8. The fourth-order valence-corrected chi connectivity index (χ4v) is 2.94. The molecule has 0 amide bonds. The lowest BCUT2D eigenvalue weighted by Gasteiger charge is -2.26. The Kier molecular flexibility index (Phi) is 4.66. The molecule has 4 nitrogen and oxygen atoms in total. The second kappa shape index (κ2) is 6.29. The van der Waals surface area contributed by atoms with E-state index in [4.69, 9.17) is 9.47 Å². The first-order chi connectivity index (χ1) is 9.88. The van der Waals surface area contributed by atoms with E-state index in [0.29, 0.717) is 12.0 Å². The summed E-state index contributed by atoms with van der Waals surface area (Å²) >= 11 is 0. The van der Waals surface area contributed by atoms with Crippen molar-refractivity contribution in [2.24, 2.45) is 5.92 Å².